The molecule has 3 aromatic carbocycles. The number of thioether (sulfide) groups is 1. The molecule has 0 spiro atoms. The number of amides is 2. The molecule has 1 N–H and O–H groups in total. The van der Waals surface area contributed by atoms with Gasteiger partial charge in [0.05, 0.1) is 5.75 Å². The first-order valence-electron chi connectivity index (χ1n) is 12.4. The van der Waals surface area contributed by atoms with E-state index < -0.39 is 6.04 Å². The highest BCUT2D eigenvalue weighted by Crippen LogP contribution is 2.21. The van der Waals surface area contributed by atoms with E-state index in [0.29, 0.717) is 17.7 Å². The normalized spacial score (nSPS) is 12.6. The Kier molecular flexibility index (Phi) is 10.6. The molecule has 0 heterocycles. The standard InChI is InChI=1S/C30H35FN2O2S/c1-4-23(3)32-30(35)28(18-24-13-6-5-7-14-24)33(19-25-15-10-11-17-27(25)31)29(34)21-36-20-26-16-9-8-12-22(26)2/h5-17,23,28H,4,18-21H2,1-3H3,(H,32,35)/t23-,28+/m1/s1. The van der Waals surface area contributed by atoms with E-state index in [1.807, 2.05) is 56.3 Å². The molecule has 2 atom stereocenters. The summed E-state index contributed by atoms with van der Waals surface area (Å²) in [6.07, 6.45) is 1.13. The van der Waals surface area contributed by atoms with Gasteiger partial charge in [0.2, 0.25) is 11.8 Å². The first-order chi connectivity index (χ1) is 17.4. The average Bonchev–Trinajstić information content (AvgIpc) is 2.88. The molecule has 2 amide bonds. The van der Waals surface area contributed by atoms with Crippen LogP contribution in [0.2, 0.25) is 0 Å². The summed E-state index contributed by atoms with van der Waals surface area (Å²) in [5.41, 5.74) is 3.69. The van der Waals surface area contributed by atoms with Gasteiger partial charge in [-0.05, 0) is 43.0 Å². The zero-order valence-corrected chi connectivity index (χ0v) is 22.1. The minimum Gasteiger partial charge on any atom is -0.352 e. The summed E-state index contributed by atoms with van der Waals surface area (Å²) in [7, 11) is 0. The Labute approximate surface area is 218 Å². The number of carbonyl (C=O) groups is 2. The van der Waals surface area contributed by atoms with E-state index in [1.165, 1.54) is 29.0 Å². The van der Waals surface area contributed by atoms with Crippen molar-refractivity contribution in [1.82, 2.24) is 10.2 Å². The number of hydrogen-bond acceptors (Lipinski definition) is 3. The fraction of sp³-hybridized carbons (Fsp3) is 0.333. The van der Waals surface area contributed by atoms with E-state index in [9.17, 15) is 14.0 Å². The predicted octanol–water partition coefficient (Wildman–Crippen LogP) is 5.92. The third kappa shape index (κ3) is 7.95. The van der Waals surface area contributed by atoms with Gasteiger partial charge in [-0.3, -0.25) is 9.59 Å². The van der Waals surface area contributed by atoms with E-state index in [4.69, 9.17) is 0 Å². The molecule has 0 aliphatic heterocycles. The second-order valence-corrected chi connectivity index (χ2v) is 10.0. The summed E-state index contributed by atoms with van der Waals surface area (Å²) in [4.78, 5) is 28.7. The van der Waals surface area contributed by atoms with E-state index in [1.54, 1.807) is 23.1 Å². The topological polar surface area (TPSA) is 49.4 Å². The summed E-state index contributed by atoms with van der Waals surface area (Å²) in [5.74, 6) is 0.0986. The Morgan fingerprint density at radius 1 is 0.944 bits per heavy atom. The van der Waals surface area contributed by atoms with Crippen LogP contribution in [0.4, 0.5) is 4.39 Å². The summed E-state index contributed by atoms with van der Waals surface area (Å²) >= 11 is 1.51. The molecule has 0 radical (unpaired) electrons. The van der Waals surface area contributed by atoms with Crippen LogP contribution in [0.1, 0.15) is 42.5 Å². The highest BCUT2D eigenvalue weighted by molar-refractivity contribution is 7.99. The molecule has 0 bridgehead atoms. The maximum absolute atomic E-state index is 14.6. The van der Waals surface area contributed by atoms with Crippen LogP contribution in [0.5, 0.6) is 0 Å². The number of halogens is 1. The lowest BCUT2D eigenvalue weighted by Crippen LogP contribution is -2.52. The highest BCUT2D eigenvalue weighted by Gasteiger charge is 2.31. The zero-order chi connectivity index (χ0) is 25.9. The first kappa shape index (κ1) is 27.5. The van der Waals surface area contributed by atoms with Crippen molar-refractivity contribution in [2.45, 2.75) is 58.0 Å². The summed E-state index contributed by atoms with van der Waals surface area (Å²) in [6.45, 7) is 6.03. The minimum atomic E-state index is -0.757. The lowest BCUT2D eigenvalue weighted by molar-refractivity contribution is -0.139. The van der Waals surface area contributed by atoms with Crippen LogP contribution in [0.15, 0.2) is 78.9 Å². The molecule has 36 heavy (non-hydrogen) atoms. The van der Waals surface area contributed by atoms with Crippen LogP contribution >= 0.6 is 11.8 Å². The van der Waals surface area contributed by atoms with Crippen molar-refractivity contribution in [1.29, 1.82) is 0 Å². The Morgan fingerprint density at radius 3 is 2.25 bits per heavy atom. The maximum atomic E-state index is 14.6. The Hall–Kier alpha value is -3.12. The van der Waals surface area contributed by atoms with Gasteiger partial charge in [-0.15, -0.1) is 11.8 Å². The van der Waals surface area contributed by atoms with E-state index in [-0.39, 0.29) is 36.0 Å². The Balaban J connectivity index is 1.87. The second kappa shape index (κ2) is 13.8. The molecule has 0 aliphatic rings. The van der Waals surface area contributed by atoms with Crippen LogP contribution in [-0.4, -0.2) is 34.6 Å². The minimum absolute atomic E-state index is 0.0296. The van der Waals surface area contributed by atoms with Gasteiger partial charge in [-0.2, -0.15) is 0 Å². The van der Waals surface area contributed by atoms with Crippen LogP contribution in [-0.2, 0) is 28.3 Å². The largest absolute Gasteiger partial charge is 0.352 e. The van der Waals surface area contributed by atoms with Gasteiger partial charge >= 0.3 is 0 Å². The van der Waals surface area contributed by atoms with Crippen LogP contribution in [0.3, 0.4) is 0 Å². The van der Waals surface area contributed by atoms with Gasteiger partial charge < -0.3 is 10.2 Å². The molecule has 0 unspecified atom stereocenters. The van der Waals surface area contributed by atoms with Gasteiger partial charge in [-0.1, -0.05) is 79.7 Å². The highest BCUT2D eigenvalue weighted by atomic mass is 32.2. The lowest BCUT2D eigenvalue weighted by atomic mass is 10.0. The van der Waals surface area contributed by atoms with E-state index in [0.717, 1.165) is 12.0 Å². The van der Waals surface area contributed by atoms with Crippen LogP contribution in [0.25, 0.3) is 0 Å². The lowest BCUT2D eigenvalue weighted by Gasteiger charge is -2.32. The van der Waals surface area contributed by atoms with Crippen LogP contribution < -0.4 is 5.32 Å². The molecule has 6 heteroatoms. The molecular weight excluding hydrogens is 471 g/mol. The van der Waals surface area contributed by atoms with Gasteiger partial charge in [0, 0.05) is 30.3 Å². The van der Waals surface area contributed by atoms with E-state index in [2.05, 4.69) is 24.4 Å². The maximum Gasteiger partial charge on any atom is 0.243 e. The average molecular weight is 507 g/mol. The number of rotatable bonds is 12. The molecule has 0 saturated heterocycles. The smallest absolute Gasteiger partial charge is 0.243 e. The number of aryl methyl sites for hydroxylation is 1. The fourth-order valence-corrected chi connectivity index (χ4v) is 4.89. The predicted molar refractivity (Wildman–Crippen MR) is 146 cm³/mol. The fourth-order valence-electron chi connectivity index (χ4n) is 3.91. The van der Waals surface area contributed by atoms with E-state index >= 15 is 0 Å². The zero-order valence-electron chi connectivity index (χ0n) is 21.2. The van der Waals surface area contributed by atoms with Crippen molar-refractivity contribution in [3.8, 4) is 0 Å². The molecule has 0 saturated carbocycles. The monoisotopic (exact) mass is 506 g/mol. The quantitative estimate of drug-likeness (QED) is 0.332. The van der Waals surface area contributed by atoms with Gasteiger partial charge in [0.25, 0.3) is 0 Å². The van der Waals surface area contributed by atoms with Crippen molar-refractivity contribution < 1.29 is 14.0 Å². The second-order valence-electron chi connectivity index (χ2n) is 9.06. The van der Waals surface area contributed by atoms with Gasteiger partial charge in [0.1, 0.15) is 11.9 Å². The molecule has 0 aliphatic carbocycles. The van der Waals surface area contributed by atoms with Crippen molar-refractivity contribution in [2.24, 2.45) is 0 Å². The Morgan fingerprint density at radius 2 is 1.58 bits per heavy atom. The third-order valence-corrected chi connectivity index (χ3v) is 7.28. The van der Waals surface area contributed by atoms with Crippen molar-refractivity contribution >= 4 is 23.6 Å². The van der Waals surface area contributed by atoms with Crippen molar-refractivity contribution in [3.05, 3.63) is 107 Å². The molecular formula is C30H35FN2O2S. The number of hydrogen-bond donors (Lipinski definition) is 1. The summed E-state index contributed by atoms with van der Waals surface area (Å²) < 4.78 is 14.6. The molecule has 3 aromatic rings. The van der Waals surface area contributed by atoms with Gasteiger partial charge in [-0.25, -0.2) is 4.39 Å². The summed E-state index contributed by atoms with van der Waals surface area (Å²) in [5, 5.41) is 3.04. The van der Waals surface area contributed by atoms with Gasteiger partial charge in [0.15, 0.2) is 0 Å². The van der Waals surface area contributed by atoms with Crippen molar-refractivity contribution in [2.75, 3.05) is 5.75 Å². The summed E-state index contributed by atoms with van der Waals surface area (Å²) in [6, 6.07) is 23.4. The molecule has 0 fully saturated rings. The SMILES string of the molecule is CC[C@@H](C)NC(=O)[C@H](Cc1ccccc1)N(Cc1ccccc1F)C(=O)CSCc1ccccc1C. The number of benzene rings is 3. The number of carbonyl (C=O) groups excluding carboxylic acids is 2. The van der Waals surface area contributed by atoms with Crippen molar-refractivity contribution in [3.63, 3.8) is 0 Å². The van der Waals surface area contributed by atoms with Crippen LogP contribution in [0, 0.1) is 12.7 Å². The number of nitrogens with one attached hydrogen (secondary N) is 1. The molecule has 3 rings (SSSR count). The molecule has 0 aromatic heterocycles. The number of nitrogens with zero attached hydrogens (tertiary/aromatic N) is 1. The third-order valence-electron chi connectivity index (χ3n) is 6.32. The first-order valence-corrected chi connectivity index (χ1v) is 13.5. The Bertz CT molecular complexity index is 1140. The molecule has 190 valence electrons. The molecule has 4 nitrogen and oxygen atoms in total.